The highest BCUT2D eigenvalue weighted by Gasteiger charge is 2.06. The van der Waals surface area contributed by atoms with E-state index in [1.165, 1.54) is 10.9 Å². The van der Waals surface area contributed by atoms with E-state index in [4.69, 9.17) is 0 Å². The Balaban J connectivity index is 1.47. The van der Waals surface area contributed by atoms with Gasteiger partial charge in [-0.2, -0.15) is 0 Å². The van der Waals surface area contributed by atoms with Gasteiger partial charge in [-0.05, 0) is 65.1 Å². The van der Waals surface area contributed by atoms with E-state index >= 15 is 0 Å². The Kier molecular flexibility index (Phi) is 5.33. The lowest BCUT2D eigenvalue weighted by Crippen LogP contribution is -2.29. The number of aromatic nitrogens is 1. The van der Waals surface area contributed by atoms with E-state index in [1.54, 1.807) is 0 Å². The van der Waals surface area contributed by atoms with E-state index in [-0.39, 0.29) is 5.91 Å². The van der Waals surface area contributed by atoms with Gasteiger partial charge in [0.15, 0.2) is 0 Å². The van der Waals surface area contributed by atoms with Crippen molar-refractivity contribution < 1.29 is 4.79 Å². The Morgan fingerprint density at radius 2 is 2.04 bits per heavy atom. The smallest absolute Gasteiger partial charge is 0.238 e. The van der Waals surface area contributed by atoms with Crippen LogP contribution in [0.25, 0.3) is 10.9 Å². The molecule has 0 aliphatic rings. The highest BCUT2D eigenvalue weighted by Crippen LogP contribution is 2.23. The molecule has 0 saturated carbocycles. The summed E-state index contributed by atoms with van der Waals surface area (Å²) < 4.78 is 0.898. The first-order chi connectivity index (χ1) is 11.6. The normalized spacial score (nSPS) is 10.9. The number of aryl methyl sites for hydroxylation is 1. The van der Waals surface area contributed by atoms with Crippen LogP contribution in [-0.4, -0.2) is 24.0 Å². The monoisotopic (exact) mass is 385 g/mol. The Labute approximate surface area is 149 Å². The molecule has 3 rings (SSSR count). The van der Waals surface area contributed by atoms with Crippen LogP contribution in [0.1, 0.15) is 11.1 Å². The molecule has 0 saturated heterocycles. The van der Waals surface area contributed by atoms with Gasteiger partial charge < -0.3 is 15.6 Å². The van der Waals surface area contributed by atoms with Crippen LogP contribution < -0.4 is 10.6 Å². The largest absolute Gasteiger partial charge is 0.361 e. The van der Waals surface area contributed by atoms with Gasteiger partial charge >= 0.3 is 0 Å². The quantitative estimate of drug-likeness (QED) is 0.561. The first-order valence-corrected chi connectivity index (χ1v) is 8.74. The zero-order chi connectivity index (χ0) is 16.9. The van der Waals surface area contributed by atoms with E-state index in [1.807, 2.05) is 43.5 Å². The fourth-order valence-electron chi connectivity index (χ4n) is 2.68. The minimum Gasteiger partial charge on any atom is -0.361 e. The number of hydrogen-bond acceptors (Lipinski definition) is 2. The maximum Gasteiger partial charge on any atom is 0.238 e. The summed E-state index contributed by atoms with van der Waals surface area (Å²) in [5.41, 5.74) is 4.36. The molecule has 0 radical (unpaired) electrons. The van der Waals surface area contributed by atoms with Gasteiger partial charge in [0.1, 0.15) is 0 Å². The van der Waals surface area contributed by atoms with Crippen LogP contribution in [0, 0.1) is 6.92 Å². The molecule has 24 heavy (non-hydrogen) atoms. The third-order valence-corrected chi connectivity index (χ3v) is 4.59. The second-order valence-electron chi connectivity index (χ2n) is 5.82. The SMILES string of the molecule is Cc1ccc(NC(=O)CNCCc2c[nH]c3ccccc23)c(Br)c1. The van der Waals surface area contributed by atoms with Gasteiger partial charge in [-0.15, -0.1) is 0 Å². The average molecular weight is 386 g/mol. The van der Waals surface area contributed by atoms with E-state index in [0.717, 1.165) is 34.2 Å². The molecule has 0 fully saturated rings. The molecule has 124 valence electrons. The summed E-state index contributed by atoms with van der Waals surface area (Å²) in [7, 11) is 0. The van der Waals surface area contributed by atoms with Crippen LogP contribution >= 0.6 is 15.9 Å². The number of rotatable bonds is 6. The van der Waals surface area contributed by atoms with Gasteiger partial charge in [-0.1, -0.05) is 24.3 Å². The predicted octanol–water partition coefficient (Wildman–Crippen LogP) is 4.01. The number of H-pyrrole nitrogens is 1. The maximum absolute atomic E-state index is 12.0. The van der Waals surface area contributed by atoms with Crippen molar-refractivity contribution in [3.8, 4) is 0 Å². The fourth-order valence-corrected chi connectivity index (χ4v) is 3.27. The van der Waals surface area contributed by atoms with Crippen molar-refractivity contribution in [3.63, 3.8) is 0 Å². The second-order valence-corrected chi connectivity index (χ2v) is 6.67. The van der Waals surface area contributed by atoms with Gasteiger partial charge in [0, 0.05) is 21.6 Å². The number of aromatic amines is 1. The average Bonchev–Trinajstić information content (AvgIpc) is 2.98. The summed E-state index contributed by atoms with van der Waals surface area (Å²) in [6.45, 7) is 3.07. The molecule has 4 nitrogen and oxygen atoms in total. The molecular weight excluding hydrogens is 366 g/mol. The Hall–Kier alpha value is -2.11. The molecule has 2 aromatic carbocycles. The van der Waals surface area contributed by atoms with Crippen LogP contribution in [0.3, 0.4) is 0 Å². The number of fused-ring (bicyclic) bond motifs is 1. The van der Waals surface area contributed by atoms with Crippen molar-refractivity contribution in [2.75, 3.05) is 18.4 Å². The first kappa shape index (κ1) is 16.7. The standard InChI is InChI=1S/C19H20BrN3O/c1-13-6-7-18(16(20)10-13)23-19(24)12-21-9-8-14-11-22-17-5-3-2-4-15(14)17/h2-7,10-11,21-22H,8-9,12H2,1H3,(H,23,24). The molecule has 1 amide bonds. The van der Waals surface area contributed by atoms with Gasteiger partial charge in [-0.3, -0.25) is 4.79 Å². The molecule has 0 bridgehead atoms. The number of hydrogen-bond donors (Lipinski definition) is 3. The van der Waals surface area contributed by atoms with E-state index in [9.17, 15) is 4.79 Å². The van der Waals surface area contributed by atoms with E-state index < -0.39 is 0 Å². The lowest BCUT2D eigenvalue weighted by Gasteiger charge is -2.09. The zero-order valence-corrected chi connectivity index (χ0v) is 15.1. The van der Waals surface area contributed by atoms with Crippen LogP contribution in [0.5, 0.6) is 0 Å². The number of nitrogens with one attached hydrogen (secondary N) is 3. The number of para-hydroxylation sites is 1. The van der Waals surface area contributed by atoms with Crippen molar-refractivity contribution in [2.45, 2.75) is 13.3 Å². The Morgan fingerprint density at radius 1 is 1.21 bits per heavy atom. The van der Waals surface area contributed by atoms with E-state index in [2.05, 4.69) is 43.7 Å². The van der Waals surface area contributed by atoms with Gasteiger partial charge in [-0.25, -0.2) is 0 Å². The molecule has 3 aromatic rings. The lowest BCUT2D eigenvalue weighted by atomic mass is 10.1. The van der Waals surface area contributed by atoms with Crippen molar-refractivity contribution in [1.29, 1.82) is 0 Å². The topological polar surface area (TPSA) is 56.9 Å². The summed E-state index contributed by atoms with van der Waals surface area (Å²) in [4.78, 5) is 15.3. The Morgan fingerprint density at radius 3 is 2.88 bits per heavy atom. The number of amides is 1. The fraction of sp³-hybridized carbons (Fsp3) is 0.211. The van der Waals surface area contributed by atoms with Crippen LogP contribution in [-0.2, 0) is 11.2 Å². The van der Waals surface area contributed by atoms with Crippen molar-refractivity contribution in [2.24, 2.45) is 0 Å². The highest BCUT2D eigenvalue weighted by atomic mass is 79.9. The van der Waals surface area contributed by atoms with Gasteiger partial charge in [0.2, 0.25) is 5.91 Å². The number of benzene rings is 2. The summed E-state index contributed by atoms with van der Waals surface area (Å²) in [6.07, 6.45) is 2.92. The van der Waals surface area contributed by atoms with Gasteiger partial charge in [0.05, 0.1) is 12.2 Å². The Bertz CT molecular complexity index is 857. The van der Waals surface area contributed by atoms with Crippen LogP contribution in [0.15, 0.2) is 53.1 Å². The van der Waals surface area contributed by atoms with E-state index in [0.29, 0.717) is 6.54 Å². The molecule has 0 aliphatic carbocycles. The summed E-state index contributed by atoms with van der Waals surface area (Å²) in [5.74, 6) is -0.0431. The van der Waals surface area contributed by atoms with Crippen molar-refractivity contribution >= 4 is 38.4 Å². The third-order valence-electron chi connectivity index (χ3n) is 3.93. The molecule has 0 aliphatic heterocycles. The maximum atomic E-state index is 12.0. The molecule has 0 unspecified atom stereocenters. The summed E-state index contributed by atoms with van der Waals surface area (Å²) in [6, 6.07) is 14.1. The molecule has 1 heterocycles. The molecule has 1 aromatic heterocycles. The molecule has 3 N–H and O–H groups in total. The summed E-state index contributed by atoms with van der Waals surface area (Å²) in [5, 5.41) is 7.35. The number of carbonyl (C=O) groups excluding carboxylic acids is 1. The minimum atomic E-state index is -0.0431. The molecule has 0 atom stereocenters. The molecule has 5 heteroatoms. The summed E-state index contributed by atoms with van der Waals surface area (Å²) >= 11 is 3.47. The minimum absolute atomic E-state index is 0.0431. The zero-order valence-electron chi connectivity index (χ0n) is 13.5. The number of halogens is 1. The first-order valence-electron chi connectivity index (χ1n) is 7.95. The van der Waals surface area contributed by atoms with Crippen molar-refractivity contribution in [3.05, 3.63) is 64.3 Å². The molecule has 0 spiro atoms. The lowest BCUT2D eigenvalue weighted by molar-refractivity contribution is -0.115. The van der Waals surface area contributed by atoms with Gasteiger partial charge in [0.25, 0.3) is 0 Å². The third kappa shape index (κ3) is 4.04. The number of anilines is 1. The van der Waals surface area contributed by atoms with Crippen molar-refractivity contribution in [1.82, 2.24) is 10.3 Å². The predicted molar refractivity (Wildman–Crippen MR) is 102 cm³/mol. The number of carbonyl (C=O) groups is 1. The highest BCUT2D eigenvalue weighted by molar-refractivity contribution is 9.10. The second kappa shape index (κ2) is 7.64. The van der Waals surface area contributed by atoms with Crippen LogP contribution in [0.2, 0.25) is 0 Å². The van der Waals surface area contributed by atoms with Crippen LogP contribution in [0.4, 0.5) is 5.69 Å². The molecular formula is C19H20BrN3O.